The van der Waals surface area contributed by atoms with Crippen LogP contribution in [-0.4, -0.2) is 43.0 Å². The Bertz CT molecular complexity index is 754. The van der Waals surface area contributed by atoms with Gasteiger partial charge in [-0.15, -0.1) is 20.4 Å². The van der Waals surface area contributed by atoms with Crippen LogP contribution in [0.25, 0.3) is 16.5 Å². The van der Waals surface area contributed by atoms with Crippen LogP contribution < -0.4 is 0 Å². The van der Waals surface area contributed by atoms with E-state index in [1.165, 1.54) is 4.80 Å². The summed E-state index contributed by atoms with van der Waals surface area (Å²) < 4.78 is 4.85. The Morgan fingerprint density at radius 1 is 1.24 bits per heavy atom. The molecule has 9 heteroatoms. The Kier molecular flexibility index (Phi) is 3.65. The first-order valence-electron chi connectivity index (χ1n) is 6.14. The van der Waals surface area contributed by atoms with Gasteiger partial charge in [0.05, 0.1) is 6.61 Å². The van der Waals surface area contributed by atoms with E-state index in [1.807, 2.05) is 30.3 Å². The summed E-state index contributed by atoms with van der Waals surface area (Å²) in [6.45, 7) is 2.01. The standard InChI is InChI=1S/C12H10N6O2S/c1-2-20-11(19)10-14-15-12(21-10)18-16-9(13-17-18)8-6-4-3-5-7-8/h3-7H,2H2,1H3. The lowest BCUT2D eigenvalue weighted by Gasteiger charge is -1.94. The van der Waals surface area contributed by atoms with Gasteiger partial charge >= 0.3 is 5.97 Å². The Morgan fingerprint density at radius 3 is 2.81 bits per heavy atom. The number of carbonyl (C=O) groups excluding carboxylic acids is 1. The maximum absolute atomic E-state index is 11.5. The van der Waals surface area contributed by atoms with Crippen LogP contribution in [0.15, 0.2) is 30.3 Å². The first-order valence-corrected chi connectivity index (χ1v) is 6.96. The molecule has 2 aromatic heterocycles. The SMILES string of the molecule is CCOC(=O)c1nnc(-n2nnc(-c3ccccc3)n2)s1. The van der Waals surface area contributed by atoms with Gasteiger partial charge in [-0.1, -0.05) is 46.5 Å². The second kappa shape index (κ2) is 5.75. The van der Waals surface area contributed by atoms with Crippen molar-refractivity contribution in [3.8, 4) is 16.5 Å². The van der Waals surface area contributed by atoms with Crippen molar-refractivity contribution in [2.45, 2.75) is 6.92 Å². The third-order valence-corrected chi connectivity index (χ3v) is 3.35. The van der Waals surface area contributed by atoms with Crippen molar-refractivity contribution >= 4 is 17.3 Å². The lowest BCUT2D eigenvalue weighted by molar-refractivity contribution is 0.0525. The number of rotatable bonds is 4. The molecule has 0 aliphatic rings. The minimum absolute atomic E-state index is 0.158. The van der Waals surface area contributed by atoms with Gasteiger partial charge in [0.15, 0.2) is 0 Å². The highest BCUT2D eigenvalue weighted by atomic mass is 32.1. The summed E-state index contributed by atoms with van der Waals surface area (Å²) in [7, 11) is 0. The van der Waals surface area contributed by atoms with Gasteiger partial charge in [0, 0.05) is 5.56 Å². The topological polar surface area (TPSA) is 95.7 Å². The second-order valence-corrected chi connectivity index (χ2v) is 4.83. The summed E-state index contributed by atoms with van der Waals surface area (Å²) in [6.07, 6.45) is 0. The molecule has 0 saturated heterocycles. The maximum Gasteiger partial charge on any atom is 0.369 e. The van der Waals surface area contributed by atoms with E-state index in [9.17, 15) is 4.79 Å². The van der Waals surface area contributed by atoms with Crippen LogP contribution in [0.2, 0.25) is 0 Å². The minimum Gasteiger partial charge on any atom is -0.461 e. The summed E-state index contributed by atoms with van der Waals surface area (Å²) in [4.78, 5) is 12.8. The first-order chi connectivity index (χ1) is 10.3. The predicted molar refractivity (Wildman–Crippen MR) is 74.0 cm³/mol. The minimum atomic E-state index is -0.510. The molecule has 0 bridgehead atoms. The van der Waals surface area contributed by atoms with E-state index >= 15 is 0 Å². The highest BCUT2D eigenvalue weighted by Gasteiger charge is 2.16. The van der Waals surface area contributed by atoms with Crippen LogP contribution in [0.1, 0.15) is 16.7 Å². The highest BCUT2D eigenvalue weighted by molar-refractivity contribution is 7.15. The Morgan fingerprint density at radius 2 is 2.05 bits per heavy atom. The molecule has 0 aliphatic heterocycles. The van der Waals surface area contributed by atoms with Crippen molar-refractivity contribution in [1.29, 1.82) is 0 Å². The average Bonchev–Trinajstić information content (AvgIpc) is 3.17. The molecule has 3 rings (SSSR count). The average molecular weight is 302 g/mol. The van der Waals surface area contributed by atoms with Crippen molar-refractivity contribution in [1.82, 2.24) is 30.4 Å². The third-order valence-electron chi connectivity index (χ3n) is 2.48. The Balaban J connectivity index is 1.85. The molecule has 0 aliphatic carbocycles. The van der Waals surface area contributed by atoms with Crippen molar-refractivity contribution in [2.24, 2.45) is 0 Å². The van der Waals surface area contributed by atoms with Gasteiger partial charge in [-0.25, -0.2) is 4.79 Å². The van der Waals surface area contributed by atoms with Crippen LogP contribution >= 0.6 is 11.3 Å². The van der Waals surface area contributed by atoms with Gasteiger partial charge in [-0.05, 0) is 12.1 Å². The van der Waals surface area contributed by atoms with Crippen molar-refractivity contribution in [2.75, 3.05) is 6.61 Å². The number of benzene rings is 1. The van der Waals surface area contributed by atoms with E-state index in [2.05, 4.69) is 25.6 Å². The Labute approximate surface area is 123 Å². The maximum atomic E-state index is 11.5. The van der Waals surface area contributed by atoms with Gasteiger partial charge in [0.2, 0.25) is 10.8 Å². The summed E-state index contributed by atoms with van der Waals surface area (Å²) in [5.74, 6) is -0.0341. The molecule has 0 fully saturated rings. The molecule has 21 heavy (non-hydrogen) atoms. The van der Waals surface area contributed by atoms with Gasteiger partial charge in [0.25, 0.3) is 5.13 Å². The molecular weight excluding hydrogens is 292 g/mol. The molecular formula is C12H10N6O2S. The molecule has 0 spiro atoms. The van der Waals surface area contributed by atoms with Gasteiger partial charge in [0.1, 0.15) is 0 Å². The molecule has 106 valence electrons. The van der Waals surface area contributed by atoms with Gasteiger partial charge < -0.3 is 4.74 Å². The van der Waals surface area contributed by atoms with E-state index in [0.717, 1.165) is 16.9 Å². The van der Waals surface area contributed by atoms with Crippen LogP contribution in [0, 0.1) is 0 Å². The Hall–Kier alpha value is -2.68. The van der Waals surface area contributed by atoms with Crippen molar-refractivity contribution in [3.63, 3.8) is 0 Å². The monoisotopic (exact) mass is 302 g/mol. The van der Waals surface area contributed by atoms with E-state index < -0.39 is 5.97 Å². The van der Waals surface area contributed by atoms with Crippen LogP contribution in [0.4, 0.5) is 0 Å². The number of carbonyl (C=O) groups is 1. The van der Waals surface area contributed by atoms with Crippen LogP contribution in [-0.2, 0) is 4.74 Å². The number of hydrogen-bond acceptors (Lipinski definition) is 8. The largest absolute Gasteiger partial charge is 0.461 e. The predicted octanol–water partition coefficient (Wildman–Crippen LogP) is 1.36. The molecule has 0 atom stereocenters. The number of ether oxygens (including phenoxy) is 1. The van der Waals surface area contributed by atoms with Crippen molar-refractivity contribution < 1.29 is 9.53 Å². The highest BCUT2D eigenvalue weighted by Crippen LogP contribution is 2.16. The molecule has 1 aromatic carbocycles. The molecule has 0 unspecified atom stereocenters. The quantitative estimate of drug-likeness (QED) is 0.671. The lowest BCUT2D eigenvalue weighted by Crippen LogP contribution is -2.03. The number of nitrogens with zero attached hydrogens (tertiary/aromatic N) is 6. The third kappa shape index (κ3) is 2.77. The molecule has 0 radical (unpaired) electrons. The van der Waals surface area contributed by atoms with Crippen LogP contribution in [0.5, 0.6) is 0 Å². The van der Waals surface area contributed by atoms with Gasteiger partial charge in [-0.3, -0.25) is 0 Å². The fraction of sp³-hybridized carbons (Fsp3) is 0.167. The molecule has 8 nitrogen and oxygen atoms in total. The van der Waals surface area contributed by atoms with E-state index in [-0.39, 0.29) is 11.6 Å². The van der Waals surface area contributed by atoms with Crippen LogP contribution in [0.3, 0.4) is 0 Å². The second-order valence-electron chi connectivity index (χ2n) is 3.88. The number of tetrazole rings is 1. The molecule has 0 saturated carbocycles. The van der Waals surface area contributed by atoms with E-state index in [4.69, 9.17) is 4.74 Å². The zero-order chi connectivity index (χ0) is 14.7. The summed E-state index contributed by atoms with van der Waals surface area (Å²) in [5.41, 5.74) is 0.846. The lowest BCUT2D eigenvalue weighted by atomic mass is 10.2. The molecule has 2 heterocycles. The zero-order valence-corrected chi connectivity index (χ0v) is 11.8. The first kappa shape index (κ1) is 13.3. The van der Waals surface area contributed by atoms with Gasteiger partial charge in [-0.2, -0.15) is 0 Å². The summed E-state index contributed by atoms with van der Waals surface area (Å²) in [6, 6.07) is 9.45. The smallest absolute Gasteiger partial charge is 0.369 e. The number of hydrogen-bond donors (Lipinski definition) is 0. The summed E-state index contributed by atoms with van der Waals surface area (Å²) in [5, 5.41) is 20.2. The molecule has 3 aromatic rings. The number of esters is 1. The normalized spacial score (nSPS) is 10.5. The van der Waals surface area contributed by atoms with E-state index in [0.29, 0.717) is 11.0 Å². The summed E-state index contributed by atoms with van der Waals surface area (Å²) >= 11 is 1.04. The molecule has 0 amide bonds. The van der Waals surface area contributed by atoms with Crippen molar-refractivity contribution in [3.05, 3.63) is 35.3 Å². The fourth-order valence-electron chi connectivity index (χ4n) is 1.57. The zero-order valence-electron chi connectivity index (χ0n) is 11.0. The fourth-order valence-corrected chi connectivity index (χ4v) is 2.21. The number of aromatic nitrogens is 6. The molecule has 0 N–H and O–H groups in total. The van der Waals surface area contributed by atoms with E-state index in [1.54, 1.807) is 6.92 Å².